The van der Waals surface area contributed by atoms with Gasteiger partial charge in [-0.1, -0.05) is 6.07 Å². The summed E-state index contributed by atoms with van der Waals surface area (Å²) in [5.41, 5.74) is 0. The first kappa shape index (κ1) is 14.8. The van der Waals surface area contributed by atoms with Crippen molar-refractivity contribution in [2.75, 3.05) is 19.7 Å². The molecule has 0 radical (unpaired) electrons. The van der Waals surface area contributed by atoms with Crippen LogP contribution in [0.5, 0.6) is 0 Å². The largest absolute Gasteiger partial charge is 0.466 e. The van der Waals surface area contributed by atoms with E-state index in [1.54, 1.807) is 22.3 Å². The van der Waals surface area contributed by atoms with Crippen molar-refractivity contribution in [2.24, 2.45) is 5.92 Å². The Bertz CT molecular complexity index is 473. The van der Waals surface area contributed by atoms with Gasteiger partial charge in [0.2, 0.25) is 5.91 Å². The van der Waals surface area contributed by atoms with Crippen molar-refractivity contribution in [3.05, 3.63) is 28.5 Å². The highest BCUT2D eigenvalue weighted by molar-refractivity contribution is 7.10. The lowest BCUT2D eigenvalue weighted by molar-refractivity contribution is -0.150. The van der Waals surface area contributed by atoms with Crippen LogP contribution >= 0.6 is 11.3 Å². The van der Waals surface area contributed by atoms with Gasteiger partial charge in [-0.3, -0.25) is 9.59 Å². The van der Waals surface area contributed by atoms with Crippen molar-refractivity contribution in [3.63, 3.8) is 0 Å². The van der Waals surface area contributed by atoms with Crippen molar-refractivity contribution < 1.29 is 14.3 Å². The van der Waals surface area contributed by atoms with Crippen molar-refractivity contribution in [1.82, 2.24) is 4.90 Å². The van der Waals surface area contributed by atoms with Crippen LogP contribution in [0.2, 0.25) is 0 Å². The molecule has 0 unspecified atom stereocenters. The zero-order valence-corrected chi connectivity index (χ0v) is 12.4. The third kappa shape index (κ3) is 3.93. The number of amides is 1. The Hall–Kier alpha value is -1.62. The van der Waals surface area contributed by atoms with E-state index in [-0.39, 0.29) is 17.8 Å². The fraction of sp³-hybridized carbons (Fsp3) is 0.467. The number of rotatable bonds is 4. The Morgan fingerprint density at radius 1 is 1.45 bits per heavy atom. The number of carbonyl (C=O) groups is 2. The summed E-state index contributed by atoms with van der Waals surface area (Å²) in [7, 11) is 0. The SMILES string of the molecule is CCOC(=O)C1CCN(C(=O)/C=C/c2cccs2)CC1. The number of thiophene rings is 1. The average Bonchev–Trinajstić information content (AvgIpc) is 2.98. The number of likely N-dealkylation sites (tertiary alicyclic amines) is 1. The quantitative estimate of drug-likeness (QED) is 0.633. The molecule has 1 fully saturated rings. The maximum atomic E-state index is 12.0. The molecular formula is C15H19NO3S. The summed E-state index contributed by atoms with van der Waals surface area (Å²) in [5, 5.41) is 1.98. The van der Waals surface area contributed by atoms with E-state index >= 15 is 0 Å². The second-order valence-corrected chi connectivity index (χ2v) is 5.68. The van der Waals surface area contributed by atoms with Gasteiger partial charge in [-0.2, -0.15) is 0 Å². The molecule has 1 aromatic rings. The molecule has 0 N–H and O–H groups in total. The van der Waals surface area contributed by atoms with E-state index in [1.807, 2.05) is 30.5 Å². The Kier molecular flexibility index (Phi) is 5.35. The second kappa shape index (κ2) is 7.24. The van der Waals surface area contributed by atoms with Gasteiger partial charge in [0.05, 0.1) is 12.5 Å². The summed E-state index contributed by atoms with van der Waals surface area (Å²) in [6.07, 6.45) is 4.83. The summed E-state index contributed by atoms with van der Waals surface area (Å²) in [6.45, 7) is 3.47. The van der Waals surface area contributed by atoms with Crippen LogP contribution in [0, 0.1) is 5.92 Å². The molecule has 1 aromatic heterocycles. The van der Waals surface area contributed by atoms with Crippen LogP contribution in [-0.4, -0.2) is 36.5 Å². The number of piperidine rings is 1. The van der Waals surface area contributed by atoms with Crippen molar-refractivity contribution >= 4 is 29.3 Å². The van der Waals surface area contributed by atoms with Gasteiger partial charge in [0.25, 0.3) is 0 Å². The molecule has 5 heteroatoms. The third-order valence-electron chi connectivity index (χ3n) is 3.36. The summed E-state index contributed by atoms with van der Waals surface area (Å²) in [6, 6.07) is 3.93. The fourth-order valence-electron chi connectivity index (χ4n) is 2.24. The molecule has 0 atom stereocenters. The van der Waals surface area contributed by atoms with E-state index < -0.39 is 0 Å². The third-order valence-corrected chi connectivity index (χ3v) is 4.20. The molecule has 2 rings (SSSR count). The predicted octanol–water partition coefficient (Wildman–Crippen LogP) is 2.56. The van der Waals surface area contributed by atoms with Gasteiger partial charge in [0, 0.05) is 24.0 Å². The molecule has 1 aliphatic rings. The molecule has 0 aliphatic carbocycles. The van der Waals surface area contributed by atoms with Gasteiger partial charge in [-0.25, -0.2) is 0 Å². The highest BCUT2D eigenvalue weighted by Gasteiger charge is 2.27. The molecule has 4 nitrogen and oxygen atoms in total. The normalized spacial score (nSPS) is 16.6. The molecule has 0 aromatic carbocycles. The zero-order valence-electron chi connectivity index (χ0n) is 11.6. The van der Waals surface area contributed by atoms with Crippen LogP contribution in [0.1, 0.15) is 24.6 Å². The standard InChI is InChI=1S/C15H19NO3S/c1-2-19-15(18)12-7-9-16(10-8-12)14(17)6-5-13-4-3-11-20-13/h3-6,11-12H,2,7-10H2,1H3/b6-5+. The average molecular weight is 293 g/mol. The lowest BCUT2D eigenvalue weighted by Crippen LogP contribution is -2.39. The van der Waals surface area contributed by atoms with Crippen LogP contribution in [0.4, 0.5) is 0 Å². The van der Waals surface area contributed by atoms with E-state index in [4.69, 9.17) is 4.74 Å². The number of carbonyl (C=O) groups excluding carboxylic acids is 2. The molecule has 1 amide bonds. The highest BCUT2D eigenvalue weighted by Crippen LogP contribution is 2.19. The fourth-order valence-corrected chi connectivity index (χ4v) is 2.86. The minimum absolute atomic E-state index is 0.0145. The van der Waals surface area contributed by atoms with Crippen molar-refractivity contribution in [3.8, 4) is 0 Å². The minimum Gasteiger partial charge on any atom is -0.466 e. The van der Waals surface area contributed by atoms with Crippen molar-refractivity contribution in [1.29, 1.82) is 0 Å². The first-order valence-corrected chi connectivity index (χ1v) is 7.75. The second-order valence-electron chi connectivity index (χ2n) is 4.70. The lowest BCUT2D eigenvalue weighted by atomic mass is 9.97. The van der Waals surface area contributed by atoms with Gasteiger partial charge in [0.15, 0.2) is 0 Å². The van der Waals surface area contributed by atoms with Gasteiger partial charge < -0.3 is 9.64 Å². The van der Waals surface area contributed by atoms with E-state index in [2.05, 4.69) is 0 Å². The summed E-state index contributed by atoms with van der Waals surface area (Å²) in [4.78, 5) is 26.5. The summed E-state index contributed by atoms with van der Waals surface area (Å²) >= 11 is 1.60. The van der Waals surface area contributed by atoms with Crippen LogP contribution < -0.4 is 0 Å². The lowest BCUT2D eigenvalue weighted by Gasteiger charge is -2.30. The first-order chi connectivity index (χ1) is 9.70. The van der Waals surface area contributed by atoms with E-state index in [0.717, 1.165) is 4.88 Å². The van der Waals surface area contributed by atoms with Gasteiger partial charge in [-0.05, 0) is 37.3 Å². The highest BCUT2D eigenvalue weighted by atomic mass is 32.1. The molecule has 0 spiro atoms. The van der Waals surface area contributed by atoms with Crippen LogP contribution in [0.3, 0.4) is 0 Å². The maximum absolute atomic E-state index is 12.0. The first-order valence-electron chi connectivity index (χ1n) is 6.88. The Balaban J connectivity index is 1.81. The molecule has 108 valence electrons. The smallest absolute Gasteiger partial charge is 0.309 e. The van der Waals surface area contributed by atoms with E-state index in [1.165, 1.54) is 0 Å². The number of hydrogen-bond donors (Lipinski definition) is 0. The molecule has 20 heavy (non-hydrogen) atoms. The molecule has 0 saturated carbocycles. The van der Waals surface area contributed by atoms with Crippen LogP contribution in [0.25, 0.3) is 6.08 Å². The Morgan fingerprint density at radius 3 is 2.80 bits per heavy atom. The monoisotopic (exact) mass is 293 g/mol. The maximum Gasteiger partial charge on any atom is 0.309 e. The Labute approximate surface area is 123 Å². The topological polar surface area (TPSA) is 46.6 Å². The predicted molar refractivity (Wildman–Crippen MR) is 79.3 cm³/mol. The number of nitrogens with zero attached hydrogens (tertiary/aromatic N) is 1. The Morgan fingerprint density at radius 2 is 2.20 bits per heavy atom. The van der Waals surface area contributed by atoms with Crippen molar-refractivity contribution in [2.45, 2.75) is 19.8 Å². The molecular weight excluding hydrogens is 274 g/mol. The van der Waals surface area contributed by atoms with E-state index in [0.29, 0.717) is 32.5 Å². The van der Waals surface area contributed by atoms with Crippen LogP contribution in [0.15, 0.2) is 23.6 Å². The summed E-state index contributed by atoms with van der Waals surface area (Å²) in [5.74, 6) is -0.172. The van der Waals surface area contributed by atoms with Crippen LogP contribution in [-0.2, 0) is 14.3 Å². The van der Waals surface area contributed by atoms with E-state index in [9.17, 15) is 9.59 Å². The number of hydrogen-bond acceptors (Lipinski definition) is 4. The number of ether oxygens (including phenoxy) is 1. The van der Waals surface area contributed by atoms with Gasteiger partial charge in [0.1, 0.15) is 0 Å². The number of esters is 1. The molecule has 1 saturated heterocycles. The van der Waals surface area contributed by atoms with Gasteiger partial charge >= 0.3 is 5.97 Å². The zero-order chi connectivity index (χ0) is 14.4. The molecule has 0 bridgehead atoms. The van der Waals surface area contributed by atoms with Gasteiger partial charge in [-0.15, -0.1) is 11.3 Å². The minimum atomic E-state index is -0.131. The molecule has 2 heterocycles. The summed E-state index contributed by atoms with van der Waals surface area (Å²) < 4.78 is 5.02. The molecule has 1 aliphatic heterocycles.